The molecule has 0 saturated heterocycles. The van der Waals surface area contributed by atoms with Crippen LogP contribution in [0.5, 0.6) is 0 Å². The predicted octanol–water partition coefficient (Wildman–Crippen LogP) is -0.210. The van der Waals surface area contributed by atoms with Crippen molar-refractivity contribution in [2.45, 2.75) is 20.8 Å². The Kier molecular flexibility index (Phi) is 43.9. The Morgan fingerprint density at radius 3 is 1.33 bits per heavy atom. The first-order chi connectivity index (χ1) is 3.83. The number of hydrogen-bond donors (Lipinski definition) is 2. The Balaban J connectivity index is -0.0000000800. The zero-order valence-corrected chi connectivity index (χ0v) is 6.57. The Morgan fingerprint density at radius 1 is 1.11 bits per heavy atom. The lowest BCUT2D eigenvalue weighted by molar-refractivity contribution is 0.318. The standard InChI is InChI=1S/C4H11N.C2H6O.H2O/c1-3-5-4-2;1-2-3;/h5H,3-4H2,1-2H3;3H,2H2,1H3;1H2. The zero-order chi connectivity index (χ0) is 6.83. The number of rotatable bonds is 2. The van der Waals surface area contributed by atoms with Gasteiger partial charge in [0.2, 0.25) is 0 Å². The SMILES string of the molecule is CCNCC.CCO.O. The summed E-state index contributed by atoms with van der Waals surface area (Å²) in [5.41, 5.74) is 0. The number of aliphatic hydroxyl groups excluding tert-OH is 1. The van der Waals surface area contributed by atoms with Gasteiger partial charge in [0.05, 0.1) is 0 Å². The van der Waals surface area contributed by atoms with Gasteiger partial charge in [0.25, 0.3) is 0 Å². The molecule has 0 aromatic carbocycles. The van der Waals surface area contributed by atoms with Crippen LogP contribution in [-0.2, 0) is 0 Å². The normalized spacial score (nSPS) is 6.67. The first-order valence-electron chi connectivity index (χ1n) is 3.14. The highest BCUT2D eigenvalue weighted by atomic mass is 16.2. The van der Waals surface area contributed by atoms with Gasteiger partial charge in [-0.1, -0.05) is 13.8 Å². The van der Waals surface area contributed by atoms with Crippen molar-refractivity contribution in [3.05, 3.63) is 0 Å². The molecular weight excluding hydrogens is 118 g/mol. The van der Waals surface area contributed by atoms with E-state index >= 15 is 0 Å². The predicted molar refractivity (Wildman–Crippen MR) is 40.6 cm³/mol. The Bertz CT molecular complexity index is 25.0. The van der Waals surface area contributed by atoms with Crippen LogP contribution < -0.4 is 5.32 Å². The molecule has 9 heavy (non-hydrogen) atoms. The molecule has 0 aromatic heterocycles. The summed E-state index contributed by atoms with van der Waals surface area (Å²) in [5, 5.41) is 10.7. The van der Waals surface area contributed by atoms with E-state index in [1.807, 2.05) is 0 Å². The van der Waals surface area contributed by atoms with Crippen molar-refractivity contribution in [1.29, 1.82) is 0 Å². The van der Waals surface area contributed by atoms with Gasteiger partial charge in [0.15, 0.2) is 0 Å². The van der Waals surface area contributed by atoms with Crippen LogP contribution in [0.3, 0.4) is 0 Å². The van der Waals surface area contributed by atoms with E-state index in [2.05, 4.69) is 19.2 Å². The van der Waals surface area contributed by atoms with Crippen molar-refractivity contribution in [2.24, 2.45) is 0 Å². The summed E-state index contributed by atoms with van der Waals surface area (Å²) in [6, 6.07) is 0. The Hall–Kier alpha value is -0.120. The molecule has 0 spiro atoms. The highest BCUT2D eigenvalue weighted by Crippen LogP contribution is 1.47. The summed E-state index contributed by atoms with van der Waals surface area (Å²) in [6.45, 7) is 8.32. The van der Waals surface area contributed by atoms with Gasteiger partial charge in [0.1, 0.15) is 0 Å². The summed E-state index contributed by atoms with van der Waals surface area (Å²) >= 11 is 0. The van der Waals surface area contributed by atoms with Crippen molar-refractivity contribution in [2.75, 3.05) is 19.7 Å². The average Bonchev–Trinajstić information content (AvgIpc) is 1.71. The van der Waals surface area contributed by atoms with Gasteiger partial charge in [-0.2, -0.15) is 0 Å². The molecule has 0 fully saturated rings. The molecule has 0 unspecified atom stereocenters. The molecule has 4 N–H and O–H groups in total. The first kappa shape index (κ1) is 15.9. The molecule has 0 atom stereocenters. The summed E-state index contributed by atoms with van der Waals surface area (Å²) in [5.74, 6) is 0. The molecular formula is C6H19NO2. The van der Waals surface area contributed by atoms with Crippen LogP contribution in [0.2, 0.25) is 0 Å². The third-order valence-electron chi connectivity index (χ3n) is 0.500. The third kappa shape index (κ3) is 77.1. The van der Waals surface area contributed by atoms with E-state index in [1.54, 1.807) is 6.92 Å². The van der Waals surface area contributed by atoms with E-state index in [1.165, 1.54) is 0 Å². The van der Waals surface area contributed by atoms with Crippen LogP contribution in [0.25, 0.3) is 0 Å². The first-order valence-corrected chi connectivity index (χ1v) is 3.14. The third-order valence-corrected chi connectivity index (χ3v) is 0.500. The Labute approximate surface area is 57.4 Å². The fourth-order valence-corrected chi connectivity index (χ4v) is 0.250. The molecule has 3 heteroatoms. The van der Waals surface area contributed by atoms with E-state index < -0.39 is 0 Å². The second kappa shape index (κ2) is 24.8. The number of nitrogens with one attached hydrogen (secondary N) is 1. The number of aliphatic hydroxyl groups is 1. The van der Waals surface area contributed by atoms with Crippen molar-refractivity contribution in [3.63, 3.8) is 0 Å². The minimum absolute atomic E-state index is 0. The maximum absolute atomic E-state index is 7.57. The van der Waals surface area contributed by atoms with Crippen molar-refractivity contribution < 1.29 is 10.6 Å². The highest BCUT2D eigenvalue weighted by Gasteiger charge is 1.62. The van der Waals surface area contributed by atoms with E-state index in [9.17, 15) is 0 Å². The topological polar surface area (TPSA) is 63.8 Å². The molecule has 0 saturated carbocycles. The molecule has 0 aliphatic heterocycles. The fourth-order valence-electron chi connectivity index (χ4n) is 0.250. The minimum atomic E-state index is 0. The van der Waals surface area contributed by atoms with E-state index in [4.69, 9.17) is 5.11 Å². The van der Waals surface area contributed by atoms with Crippen LogP contribution in [0.1, 0.15) is 20.8 Å². The Morgan fingerprint density at radius 2 is 1.33 bits per heavy atom. The molecule has 0 aliphatic carbocycles. The molecule has 3 nitrogen and oxygen atoms in total. The maximum Gasteiger partial charge on any atom is 0.0402 e. The van der Waals surface area contributed by atoms with Crippen LogP contribution in [0, 0.1) is 0 Å². The van der Waals surface area contributed by atoms with Gasteiger partial charge in [0, 0.05) is 6.61 Å². The van der Waals surface area contributed by atoms with E-state index in [0.717, 1.165) is 13.1 Å². The maximum atomic E-state index is 7.57. The van der Waals surface area contributed by atoms with Gasteiger partial charge in [-0.3, -0.25) is 0 Å². The summed E-state index contributed by atoms with van der Waals surface area (Å²) in [7, 11) is 0. The molecule has 60 valence electrons. The summed E-state index contributed by atoms with van der Waals surface area (Å²) in [4.78, 5) is 0. The van der Waals surface area contributed by atoms with Crippen LogP contribution in [-0.4, -0.2) is 30.3 Å². The van der Waals surface area contributed by atoms with Crippen molar-refractivity contribution >= 4 is 0 Å². The second-order valence-corrected chi connectivity index (χ2v) is 1.27. The molecule has 0 aromatic rings. The number of hydrogen-bond acceptors (Lipinski definition) is 2. The summed E-state index contributed by atoms with van der Waals surface area (Å²) < 4.78 is 0. The zero-order valence-electron chi connectivity index (χ0n) is 6.57. The van der Waals surface area contributed by atoms with Gasteiger partial charge >= 0.3 is 0 Å². The van der Waals surface area contributed by atoms with Crippen LogP contribution in [0.15, 0.2) is 0 Å². The lowest BCUT2D eigenvalue weighted by Gasteiger charge is -1.86. The largest absolute Gasteiger partial charge is 0.412 e. The van der Waals surface area contributed by atoms with Gasteiger partial charge in [-0.15, -0.1) is 0 Å². The van der Waals surface area contributed by atoms with Crippen molar-refractivity contribution in [3.8, 4) is 0 Å². The van der Waals surface area contributed by atoms with Crippen LogP contribution >= 0.6 is 0 Å². The average molecular weight is 137 g/mol. The smallest absolute Gasteiger partial charge is 0.0402 e. The van der Waals surface area contributed by atoms with Gasteiger partial charge in [-0.05, 0) is 20.0 Å². The van der Waals surface area contributed by atoms with E-state index in [0.29, 0.717) is 0 Å². The quantitative estimate of drug-likeness (QED) is 0.553. The van der Waals surface area contributed by atoms with Crippen molar-refractivity contribution in [1.82, 2.24) is 5.32 Å². The molecule has 0 rings (SSSR count). The monoisotopic (exact) mass is 137 g/mol. The lowest BCUT2D eigenvalue weighted by atomic mass is 10.7. The van der Waals surface area contributed by atoms with Gasteiger partial charge in [-0.25, -0.2) is 0 Å². The minimum Gasteiger partial charge on any atom is -0.412 e. The van der Waals surface area contributed by atoms with Crippen LogP contribution in [0.4, 0.5) is 0 Å². The molecule has 0 bridgehead atoms. The second-order valence-electron chi connectivity index (χ2n) is 1.27. The molecule has 0 aliphatic rings. The lowest BCUT2D eigenvalue weighted by Crippen LogP contribution is -2.09. The highest BCUT2D eigenvalue weighted by molar-refractivity contribution is 4.27. The molecule has 0 heterocycles. The molecule has 0 radical (unpaired) electrons. The van der Waals surface area contributed by atoms with Gasteiger partial charge < -0.3 is 15.9 Å². The summed E-state index contributed by atoms with van der Waals surface area (Å²) in [6.07, 6.45) is 0. The molecule has 0 amide bonds. The fraction of sp³-hybridized carbons (Fsp3) is 1.00. The van der Waals surface area contributed by atoms with E-state index in [-0.39, 0.29) is 12.1 Å².